The Kier molecular flexibility index (Phi) is 7.12. The molecule has 6 nitrogen and oxygen atoms in total. The molecule has 1 aliphatic heterocycles. The molecule has 1 aliphatic rings. The Hall–Kier alpha value is -2.68. The molecule has 2 aromatic rings. The molecule has 0 radical (unpaired) electrons. The Morgan fingerprint density at radius 1 is 1.22 bits per heavy atom. The van der Waals surface area contributed by atoms with Crippen LogP contribution < -0.4 is 4.90 Å². The summed E-state index contributed by atoms with van der Waals surface area (Å²) < 4.78 is 37.4. The van der Waals surface area contributed by atoms with Gasteiger partial charge in [-0.25, -0.2) is 14.8 Å². The van der Waals surface area contributed by atoms with Gasteiger partial charge in [0.2, 0.25) is 5.95 Å². The van der Waals surface area contributed by atoms with Gasteiger partial charge in [-0.2, -0.15) is 13.2 Å². The monoisotopic (exact) mass is 383 g/mol. The number of benzene rings is 1. The van der Waals surface area contributed by atoms with Crippen molar-refractivity contribution in [2.75, 3.05) is 18.6 Å². The minimum absolute atomic E-state index is 0.235. The normalized spacial score (nSPS) is 19.3. The largest absolute Gasteiger partial charge is 0.490 e. The highest BCUT2D eigenvalue weighted by molar-refractivity contribution is 5.73. The Bertz CT molecular complexity index is 714. The van der Waals surface area contributed by atoms with E-state index in [0.29, 0.717) is 6.04 Å². The van der Waals surface area contributed by atoms with Crippen LogP contribution in [0.25, 0.3) is 0 Å². The summed E-state index contributed by atoms with van der Waals surface area (Å²) in [5, 5.41) is 7.12. The average molecular weight is 383 g/mol. The van der Waals surface area contributed by atoms with Gasteiger partial charge in [0.15, 0.2) is 0 Å². The topological polar surface area (TPSA) is 75.5 Å². The number of carboxylic acid groups (broad SMARTS) is 1. The van der Waals surface area contributed by atoms with E-state index in [4.69, 9.17) is 14.6 Å². The maximum atomic E-state index is 10.6. The van der Waals surface area contributed by atoms with Gasteiger partial charge in [0, 0.05) is 26.0 Å². The summed E-state index contributed by atoms with van der Waals surface area (Å²) in [5.74, 6) is -1.96. The molecule has 1 saturated heterocycles. The van der Waals surface area contributed by atoms with Crippen molar-refractivity contribution >= 4 is 11.9 Å². The molecule has 3 rings (SSSR count). The number of halogens is 3. The number of aliphatic carboxylic acids is 1. The van der Waals surface area contributed by atoms with Gasteiger partial charge in [-0.05, 0) is 24.5 Å². The number of aromatic nitrogens is 2. The Morgan fingerprint density at radius 3 is 2.33 bits per heavy atom. The standard InChI is InChI=1S/C16H19N3O.C2HF3O2/c1-20-15-8-11-19(16-17-9-5-10-18-16)14(15)12-13-6-3-2-4-7-13;3-2(4,5)1(6)7/h2-7,9-10,14-15H,8,11-12H2,1H3;(H,6,7)/t14-,15-;/m0./s1. The average Bonchev–Trinajstić information content (AvgIpc) is 3.05. The first-order chi connectivity index (χ1) is 12.8. The summed E-state index contributed by atoms with van der Waals surface area (Å²) >= 11 is 0. The van der Waals surface area contributed by atoms with Crippen LogP contribution in [0.15, 0.2) is 48.8 Å². The molecule has 9 heteroatoms. The predicted octanol–water partition coefficient (Wildman–Crippen LogP) is 2.95. The molecule has 0 aliphatic carbocycles. The van der Waals surface area contributed by atoms with E-state index in [1.165, 1.54) is 5.56 Å². The van der Waals surface area contributed by atoms with Crippen LogP contribution in [0.4, 0.5) is 19.1 Å². The lowest BCUT2D eigenvalue weighted by atomic mass is 10.0. The van der Waals surface area contributed by atoms with Crippen molar-refractivity contribution in [3.8, 4) is 0 Å². The summed E-state index contributed by atoms with van der Waals surface area (Å²) in [7, 11) is 1.79. The number of alkyl halides is 3. The van der Waals surface area contributed by atoms with Crippen LogP contribution in [0.1, 0.15) is 12.0 Å². The molecule has 0 unspecified atom stereocenters. The lowest BCUT2D eigenvalue weighted by Crippen LogP contribution is -2.38. The fourth-order valence-electron chi connectivity index (χ4n) is 2.89. The van der Waals surface area contributed by atoms with Gasteiger partial charge in [0.05, 0.1) is 12.1 Å². The van der Waals surface area contributed by atoms with E-state index in [0.717, 1.165) is 25.3 Å². The third kappa shape index (κ3) is 5.92. The number of hydrogen-bond acceptors (Lipinski definition) is 5. The fourth-order valence-corrected chi connectivity index (χ4v) is 2.89. The van der Waals surface area contributed by atoms with Crippen LogP contribution in [-0.4, -0.2) is 53.0 Å². The number of rotatable bonds is 4. The SMILES string of the molecule is CO[C@H]1CCN(c2ncccn2)[C@H]1Cc1ccccc1.O=C(O)C(F)(F)F. The number of carboxylic acids is 1. The number of ether oxygens (including phenoxy) is 1. The first-order valence-electron chi connectivity index (χ1n) is 8.23. The van der Waals surface area contributed by atoms with Crippen LogP contribution in [0.3, 0.4) is 0 Å². The van der Waals surface area contributed by atoms with Crippen LogP contribution >= 0.6 is 0 Å². The smallest absolute Gasteiger partial charge is 0.475 e. The van der Waals surface area contributed by atoms with Crippen molar-refractivity contribution in [1.82, 2.24) is 9.97 Å². The third-order valence-electron chi connectivity index (χ3n) is 4.13. The predicted molar refractivity (Wildman–Crippen MR) is 92.4 cm³/mol. The highest BCUT2D eigenvalue weighted by Crippen LogP contribution is 2.27. The van der Waals surface area contributed by atoms with Crippen molar-refractivity contribution in [2.24, 2.45) is 0 Å². The van der Waals surface area contributed by atoms with E-state index in [1.807, 2.05) is 12.1 Å². The quantitative estimate of drug-likeness (QED) is 0.875. The zero-order valence-corrected chi connectivity index (χ0v) is 14.6. The van der Waals surface area contributed by atoms with Crippen molar-refractivity contribution < 1.29 is 27.8 Å². The highest BCUT2D eigenvalue weighted by Gasteiger charge is 2.38. The van der Waals surface area contributed by atoms with Gasteiger partial charge in [0.25, 0.3) is 0 Å². The first-order valence-corrected chi connectivity index (χ1v) is 8.23. The fraction of sp³-hybridized carbons (Fsp3) is 0.389. The van der Waals surface area contributed by atoms with Crippen LogP contribution in [-0.2, 0) is 16.0 Å². The minimum Gasteiger partial charge on any atom is -0.475 e. The lowest BCUT2D eigenvalue weighted by Gasteiger charge is -2.27. The van der Waals surface area contributed by atoms with E-state index in [1.54, 1.807) is 19.5 Å². The van der Waals surface area contributed by atoms with E-state index >= 15 is 0 Å². The molecule has 27 heavy (non-hydrogen) atoms. The maximum Gasteiger partial charge on any atom is 0.490 e. The molecule has 146 valence electrons. The zero-order chi connectivity index (χ0) is 19.9. The number of methoxy groups -OCH3 is 1. The summed E-state index contributed by atoms with van der Waals surface area (Å²) in [6.07, 6.45) is 0.715. The Labute approximate surface area is 154 Å². The second kappa shape index (κ2) is 9.31. The molecule has 2 heterocycles. The van der Waals surface area contributed by atoms with Crippen LogP contribution in [0, 0.1) is 0 Å². The van der Waals surface area contributed by atoms with Crippen LogP contribution in [0.2, 0.25) is 0 Å². The molecule has 1 fully saturated rings. The summed E-state index contributed by atoms with van der Waals surface area (Å²) in [5.41, 5.74) is 1.32. The molecule has 0 spiro atoms. The van der Waals surface area contributed by atoms with Crippen molar-refractivity contribution in [2.45, 2.75) is 31.2 Å². The maximum absolute atomic E-state index is 10.6. The lowest BCUT2D eigenvalue weighted by molar-refractivity contribution is -0.192. The number of anilines is 1. The van der Waals surface area contributed by atoms with Crippen molar-refractivity contribution in [3.05, 3.63) is 54.4 Å². The van der Waals surface area contributed by atoms with Gasteiger partial charge in [-0.3, -0.25) is 0 Å². The molecule has 0 amide bonds. The number of carbonyl (C=O) groups is 1. The molecule has 0 bridgehead atoms. The molecule has 1 aromatic carbocycles. The molecule has 1 N–H and O–H groups in total. The third-order valence-corrected chi connectivity index (χ3v) is 4.13. The number of hydrogen-bond donors (Lipinski definition) is 1. The van der Waals surface area contributed by atoms with Gasteiger partial charge < -0.3 is 14.7 Å². The molecular formula is C18H20F3N3O3. The van der Waals surface area contributed by atoms with Gasteiger partial charge in [-0.15, -0.1) is 0 Å². The summed E-state index contributed by atoms with van der Waals surface area (Å²) in [4.78, 5) is 19.9. The van der Waals surface area contributed by atoms with Crippen LogP contribution in [0.5, 0.6) is 0 Å². The highest BCUT2D eigenvalue weighted by atomic mass is 19.4. The summed E-state index contributed by atoms with van der Waals surface area (Å²) in [6.45, 7) is 0.944. The van der Waals surface area contributed by atoms with Crippen molar-refractivity contribution in [3.63, 3.8) is 0 Å². The molecule has 0 saturated carbocycles. The van der Waals surface area contributed by atoms with Gasteiger partial charge >= 0.3 is 12.1 Å². The Morgan fingerprint density at radius 2 is 1.81 bits per heavy atom. The number of nitrogens with zero attached hydrogens (tertiary/aromatic N) is 3. The second-order valence-corrected chi connectivity index (χ2v) is 5.86. The molecular weight excluding hydrogens is 363 g/mol. The molecule has 1 aromatic heterocycles. The minimum atomic E-state index is -5.08. The van der Waals surface area contributed by atoms with Crippen molar-refractivity contribution in [1.29, 1.82) is 0 Å². The summed E-state index contributed by atoms with van der Waals surface area (Å²) in [6, 6.07) is 12.7. The Balaban J connectivity index is 0.000000321. The zero-order valence-electron chi connectivity index (χ0n) is 14.6. The van der Waals surface area contributed by atoms with Gasteiger partial charge in [0.1, 0.15) is 0 Å². The van der Waals surface area contributed by atoms with E-state index < -0.39 is 12.1 Å². The van der Waals surface area contributed by atoms with E-state index in [-0.39, 0.29) is 6.10 Å². The van der Waals surface area contributed by atoms with E-state index in [2.05, 4.69) is 39.1 Å². The van der Waals surface area contributed by atoms with Gasteiger partial charge in [-0.1, -0.05) is 30.3 Å². The second-order valence-electron chi connectivity index (χ2n) is 5.86. The van der Waals surface area contributed by atoms with E-state index in [9.17, 15) is 13.2 Å². The molecule has 2 atom stereocenters. The first kappa shape index (κ1) is 20.6.